The highest BCUT2D eigenvalue weighted by Crippen LogP contribution is 2.28. The molecule has 1 heterocycles. The lowest BCUT2D eigenvalue weighted by Crippen LogP contribution is -2.28. The zero-order valence-electron chi connectivity index (χ0n) is 20.4. The summed E-state index contributed by atoms with van der Waals surface area (Å²) in [6.07, 6.45) is 0.832. The third-order valence-electron chi connectivity index (χ3n) is 6.03. The number of aryl methyl sites for hydroxylation is 2. The van der Waals surface area contributed by atoms with E-state index in [9.17, 15) is 4.79 Å². The molecule has 1 aromatic heterocycles. The molecule has 1 N–H and O–H groups in total. The number of nitrogens with one attached hydrogen (secondary N) is 1. The van der Waals surface area contributed by atoms with Crippen molar-refractivity contribution in [3.05, 3.63) is 95.3 Å². The van der Waals surface area contributed by atoms with Crippen LogP contribution >= 0.6 is 0 Å². The van der Waals surface area contributed by atoms with Gasteiger partial charge >= 0.3 is 0 Å². The molecular formula is C29H33N3O2. The van der Waals surface area contributed by atoms with Gasteiger partial charge in [0.1, 0.15) is 11.6 Å². The second kappa shape index (κ2) is 10.6. The van der Waals surface area contributed by atoms with Gasteiger partial charge in [0.05, 0.1) is 23.7 Å². The van der Waals surface area contributed by atoms with E-state index in [1.54, 1.807) is 0 Å². The van der Waals surface area contributed by atoms with E-state index in [2.05, 4.69) is 54.9 Å². The van der Waals surface area contributed by atoms with Crippen molar-refractivity contribution in [1.29, 1.82) is 0 Å². The number of hydrogen-bond acceptors (Lipinski definition) is 3. The van der Waals surface area contributed by atoms with E-state index < -0.39 is 0 Å². The Bertz CT molecular complexity index is 1260. The fourth-order valence-corrected chi connectivity index (χ4v) is 4.24. The number of amides is 1. The molecule has 176 valence electrons. The number of aromatic nitrogens is 2. The predicted octanol–water partition coefficient (Wildman–Crippen LogP) is 6.43. The molecule has 0 aliphatic heterocycles. The van der Waals surface area contributed by atoms with Crippen LogP contribution in [0.1, 0.15) is 66.5 Å². The van der Waals surface area contributed by atoms with Crippen molar-refractivity contribution < 1.29 is 9.53 Å². The zero-order chi connectivity index (χ0) is 24.1. The zero-order valence-corrected chi connectivity index (χ0v) is 20.4. The molecule has 0 saturated heterocycles. The Morgan fingerprint density at radius 3 is 2.50 bits per heavy atom. The van der Waals surface area contributed by atoms with E-state index in [0.717, 1.165) is 35.6 Å². The quantitative estimate of drug-likeness (QED) is 0.296. The molecule has 5 heteroatoms. The van der Waals surface area contributed by atoms with E-state index in [-0.39, 0.29) is 11.9 Å². The van der Waals surface area contributed by atoms with Crippen LogP contribution in [0.5, 0.6) is 5.75 Å². The van der Waals surface area contributed by atoms with Crippen LogP contribution in [0.4, 0.5) is 0 Å². The summed E-state index contributed by atoms with van der Waals surface area (Å²) in [5, 5.41) is 3.10. The summed E-state index contributed by atoms with van der Waals surface area (Å²) in [5.74, 6) is 2.13. The number of nitrogens with zero attached hydrogens (tertiary/aromatic N) is 2. The number of ether oxygens (including phenoxy) is 1. The highest BCUT2D eigenvalue weighted by Gasteiger charge is 2.19. The summed E-state index contributed by atoms with van der Waals surface area (Å²) < 4.78 is 8.41. The van der Waals surface area contributed by atoms with Gasteiger partial charge in [-0.25, -0.2) is 4.98 Å². The molecule has 1 amide bonds. The third-order valence-corrected chi connectivity index (χ3v) is 6.03. The highest BCUT2D eigenvalue weighted by molar-refractivity contribution is 5.94. The van der Waals surface area contributed by atoms with Crippen LogP contribution in [0.15, 0.2) is 72.8 Å². The second-order valence-corrected chi connectivity index (χ2v) is 9.07. The molecule has 5 nitrogen and oxygen atoms in total. The number of carbonyl (C=O) groups is 1. The minimum Gasteiger partial charge on any atom is -0.493 e. The molecule has 4 rings (SSSR count). The van der Waals surface area contributed by atoms with Gasteiger partial charge in [0.2, 0.25) is 0 Å². The van der Waals surface area contributed by atoms with E-state index in [0.29, 0.717) is 18.1 Å². The Morgan fingerprint density at radius 2 is 1.74 bits per heavy atom. The number of imidazole rings is 1. The van der Waals surface area contributed by atoms with Crippen molar-refractivity contribution in [1.82, 2.24) is 14.9 Å². The predicted molar refractivity (Wildman–Crippen MR) is 137 cm³/mol. The number of carbonyl (C=O) groups excluding carboxylic acids is 1. The maximum atomic E-state index is 12.7. The Balaban J connectivity index is 1.49. The van der Waals surface area contributed by atoms with Gasteiger partial charge in [0, 0.05) is 12.1 Å². The SMILES string of the molecule is Cc1ccc(C(C)C)c(OCCCn2c(C(C)NC(=O)c3ccccc3)nc3ccccc32)c1. The summed E-state index contributed by atoms with van der Waals surface area (Å²) in [7, 11) is 0. The smallest absolute Gasteiger partial charge is 0.251 e. The average Bonchev–Trinajstić information content (AvgIpc) is 3.21. The van der Waals surface area contributed by atoms with E-state index in [1.165, 1.54) is 11.1 Å². The Labute approximate surface area is 201 Å². The van der Waals surface area contributed by atoms with Gasteiger partial charge < -0.3 is 14.6 Å². The molecular weight excluding hydrogens is 422 g/mol. The van der Waals surface area contributed by atoms with Crippen LogP contribution in [0, 0.1) is 6.92 Å². The lowest BCUT2D eigenvalue weighted by Gasteiger charge is -2.18. The molecule has 0 bridgehead atoms. The van der Waals surface area contributed by atoms with E-state index >= 15 is 0 Å². The number of hydrogen-bond donors (Lipinski definition) is 1. The maximum absolute atomic E-state index is 12.7. The van der Waals surface area contributed by atoms with Gasteiger partial charge in [-0.1, -0.05) is 56.3 Å². The van der Waals surface area contributed by atoms with Crippen molar-refractivity contribution in [2.24, 2.45) is 0 Å². The third kappa shape index (κ3) is 5.30. The summed E-state index contributed by atoms with van der Waals surface area (Å²) >= 11 is 0. The van der Waals surface area contributed by atoms with Crippen LogP contribution in [0.3, 0.4) is 0 Å². The summed E-state index contributed by atoms with van der Waals surface area (Å²) in [6.45, 7) is 9.81. The van der Waals surface area contributed by atoms with Crippen molar-refractivity contribution >= 4 is 16.9 Å². The largest absolute Gasteiger partial charge is 0.493 e. The fourth-order valence-electron chi connectivity index (χ4n) is 4.24. The first-order valence-electron chi connectivity index (χ1n) is 12.0. The number of para-hydroxylation sites is 2. The topological polar surface area (TPSA) is 56.1 Å². The molecule has 0 aliphatic rings. The van der Waals surface area contributed by atoms with Crippen LogP contribution < -0.4 is 10.1 Å². The monoisotopic (exact) mass is 455 g/mol. The van der Waals surface area contributed by atoms with Crippen LogP contribution in [0.2, 0.25) is 0 Å². The summed E-state index contributed by atoms with van der Waals surface area (Å²) in [4.78, 5) is 17.6. The van der Waals surface area contributed by atoms with Crippen molar-refractivity contribution in [2.75, 3.05) is 6.61 Å². The molecule has 34 heavy (non-hydrogen) atoms. The minimum absolute atomic E-state index is 0.101. The average molecular weight is 456 g/mol. The van der Waals surface area contributed by atoms with Crippen LogP contribution in [-0.2, 0) is 6.54 Å². The molecule has 1 unspecified atom stereocenters. The van der Waals surface area contributed by atoms with Gasteiger partial charge in [-0.05, 0) is 67.6 Å². The number of fused-ring (bicyclic) bond motifs is 1. The summed E-state index contributed by atoms with van der Waals surface area (Å²) in [5.41, 5.74) is 5.07. The molecule has 0 spiro atoms. The van der Waals surface area contributed by atoms with Crippen LogP contribution in [-0.4, -0.2) is 22.1 Å². The number of rotatable bonds is 9. The number of benzene rings is 3. The first kappa shape index (κ1) is 23.6. The standard InChI is InChI=1S/C29H33N3O2/c1-20(2)24-16-15-21(3)19-27(24)34-18-10-17-32-26-14-9-8-13-25(26)31-28(32)22(4)30-29(33)23-11-6-5-7-12-23/h5-9,11-16,19-20,22H,10,17-18H2,1-4H3,(H,30,33). The minimum atomic E-state index is -0.231. The molecule has 0 aliphatic carbocycles. The Hall–Kier alpha value is -3.60. The fraction of sp³-hybridized carbons (Fsp3) is 0.310. The van der Waals surface area contributed by atoms with Gasteiger partial charge in [0.25, 0.3) is 5.91 Å². The first-order valence-corrected chi connectivity index (χ1v) is 12.0. The van der Waals surface area contributed by atoms with Crippen molar-refractivity contribution in [3.8, 4) is 5.75 Å². The maximum Gasteiger partial charge on any atom is 0.251 e. The van der Waals surface area contributed by atoms with E-state index in [4.69, 9.17) is 9.72 Å². The molecule has 0 radical (unpaired) electrons. The van der Waals surface area contributed by atoms with Crippen LogP contribution in [0.25, 0.3) is 11.0 Å². The normalized spacial score (nSPS) is 12.1. The van der Waals surface area contributed by atoms with E-state index in [1.807, 2.05) is 55.5 Å². The molecule has 0 saturated carbocycles. The van der Waals surface area contributed by atoms with Gasteiger partial charge in [-0.2, -0.15) is 0 Å². The second-order valence-electron chi connectivity index (χ2n) is 9.07. The first-order chi connectivity index (χ1) is 16.4. The molecule has 0 fully saturated rings. The van der Waals surface area contributed by atoms with Gasteiger partial charge in [-0.3, -0.25) is 4.79 Å². The van der Waals surface area contributed by atoms with Crippen molar-refractivity contribution in [2.45, 2.75) is 52.6 Å². The molecule has 1 atom stereocenters. The lowest BCUT2D eigenvalue weighted by atomic mass is 10.0. The molecule has 3 aromatic carbocycles. The molecule has 4 aromatic rings. The van der Waals surface area contributed by atoms with Gasteiger partial charge in [-0.15, -0.1) is 0 Å². The Kier molecular flexibility index (Phi) is 7.31. The lowest BCUT2D eigenvalue weighted by molar-refractivity contribution is 0.0937. The highest BCUT2D eigenvalue weighted by atomic mass is 16.5. The van der Waals surface area contributed by atoms with Crippen molar-refractivity contribution in [3.63, 3.8) is 0 Å². The summed E-state index contributed by atoms with van der Waals surface area (Å²) in [6, 6.07) is 23.6. The Morgan fingerprint density at radius 1 is 1.00 bits per heavy atom. The van der Waals surface area contributed by atoms with Gasteiger partial charge in [0.15, 0.2) is 0 Å².